The molecule has 1 aromatic carbocycles. The molecular weight excluding hydrogens is 435 g/mol. The van der Waals surface area contributed by atoms with Gasteiger partial charge < -0.3 is 14.8 Å². The van der Waals surface area contributed by atoms with Gasteiger partial charge in [-0.3, -0.25) is 14.4 Å². The first-order valence-electron chi connectivity index (χ1n) is 9.31. The van der Waals surface area contributed by atoms with Crippen LogP contribution in [0.5, 0.6) is 11.5 Å². The fourth-order valence-corrected chi connectivity index (χ4v) is 4.39. The highest BCUT2D eigenvalue weighted by Gasteiger charge is 2.40. The summed E-state index contributed by atoms with van der Waals surface area (Å²) < 4.78 is 49.5. The van der Waals surface area contributed by atoms with Crippen molar-refractivity contribution < 1.29 is 37.0 Å². The summed E-state index contributed by atoms with van der Waals surface area (Å²) >= 11 is 1.05. The van der Waals surface area contributed by atoms with E-state index in [0.29, 0.717) is 11.3 Å². The summed E-state index contributed by atoms with van der Waals surface area (Å²) in [5, 5.41) is 2.80. The Morgan fingerprint density at radius 1 is 1.16 bits per heavy atom. The first kappa shape index (κ1) is 22.8. The molecule has 1 unspecified atom stereocenters. The van der Waals surface area contributed by atoms with E-state index in [-0.39, 0.29) is 27.7 Å². The fourth-order valence-electron chi connectivity index (χ4n) is 3.28. The molecule has 2 aromatic rings. The smallest absolute Gasteiger partial charge is 0.416 e. The molecule has 2 heterocycles. The zero-order valence-corrected chi connectivity index (χ0v) is 18.0. The van der Waals surface area contributed by atoms with Crippen molar-refractivity contribution in [2.75, 3.05) is 0 Å². The van der Waals surface area contributed by atoms with Crippen molar-refractivity contribution in [3.8, 4) is 11.5 Å². The molecule has 0 saturated carbocycles. The fraction of sp³-hybridized carbons (Fsp3) is 0.381. The zero-order chi connectivity index (χ0) is 23.1. The number of halogens is 3. The van der Waals surface area contributed by atoms with Crippen LogP contribution in [0.3, 0.4) is 0 Å². The minimum absolute atomic E-state index is 0.0153. The third kappa shape index (κ3) is 4.90. The molecule has 1 amide bonds. The van der Waals surface area contributed by atoms with Crippen molar-refractivity contribution in [3.05, 3.63) is 45.1 Å². The van der Waals surface area contributed by atoms with Gasteiger partial charge in [0.2, 0.25) is 0 Å². The Morgan fingerprint density at radius 2 is 1.77 bits per heavy atom. The Kier molecular flexibility index (Phi) is 5.88. The lowest BCUT2D eigenvalue weighted by Crippen LogP contribution is -2.40. The van der Waals surface area contributed by atoms with Crippen LogP contribution in [0, 0.1) is 0 Å². The van der Waals surface area contributed by atoms with Crippen molar-refractivity contribution in [1.29, 1.82) is 0 Å². The Bertz CT molecular complexity index is 1040. The van der Waals surface area contributed by atoms with E-state index >= 15 is 0 Å². The van der Waals surface area contributed by atoms with Crippen molar-refractivity contribution in [1.82, 2.24) is 5.32 Å². The van der Waals surface area contributed by atoms with Gasteiger partial charge >= 0.3 is 12.1 Å². The summed E-state index contributed by atoms with van der Waals surface area (Å²) in [6, 6.07) is 3.28. The molecule has 1 aliphatic rings. The number of alkyl halides is 3. The number of nitrogens with one attached hydrogen (secondary N) is 1. The van der Waals surface area contributed by atoms with Crippen LogP contribution in [0.15, 0.2) is 24.3 Å². The van der Waals surface area contributed by atoms with E-state index in [0.717, 1.165) is 35.6 Å². The molecule has 6 nitrogen and oxygen atoms in total. The van der Waals surface area contributed by atoms with Gasteiger partial charge in [-0.1, -0.05) is 0 Å². The minimum Gasteiger partial charge on any atom is -0.483 e. The number of amides is 1. The van der Waals surface area contributed by atoms with Gasteiger partial charge in [-0.15, -0.1) is 11.3 Å². The molecule has 0 spiro atoms. The summed E-state index contributed by atoms with van der Waals surface area (Å²) in [4.78, 5) is 37.0. The Hall–Kier alpha value is -2.88. The number of fused-ring (bicyclic) bond motifs is 1. The van der Waals surface area contributed by atoms with Crippen LogP contribution < -0.4 is 14.8 Å². The van der Waals surface area contributed by atoms with Crippen LogP contribution in [0.2, 0.25) is 0 Å². The van der Waals surface area contributed by atoms with Gasteiger partial charge in [-0.2, -0.15) is 13.2 Å². The van der Waals surface area contributed by atoms with E-state index in [2.05, 4.69) is 5.32 Å². The third-order valence-corrected chi connectivity index (χ3v) is 5.95. The SMILES string of the molecule is CC(=O)Oc1c(C(C)=O)sc2c1OC(C)(C)CC2NC(=O)c1ccc(C(F)(F)F)cc1. The van der Waals surface area contributed by atoms with Crippen LogP contribution in [-0.4, -0.2) is 23.3 Å². The molecular formula is C21H20F3NO5S. The zero-order valence-electron chi connectivity index (χ0n) is 17.2. The van der Waals surface area contributed by atoms with Gasteiger partial charge in [0.25, 0.3) is 5.91 Å². The van der Waals surface area contributed by atoms with E-state index in [4.69, 9.17) is 9.47 Å². The molecule has 10 heteroatoms. The monoisotopic (exact) mass is 455 g/mol. The second-order valence-corrected chi connectivity index (χ2v) is 8.82. The van der Waals surface area contributed by atoms with E-state index < -0.39 is 35.3 Å². The number of Topliss-reactive ketones (excluding diaryl/α,β-unsaturated/α-hetero) is 1. The van der Waals surface area contributed by atoms with Crippen molar-refractivity contribution in [2.45, 2.75) is 51.9 Å². The van der Waals surface area contributed by atoms with Crippen molar-refractivity contribution in [2.24, 2.45) is 0 Å². The number of ketones is 1. The predicted molar refractivity (Wildman–Crippen MR) is 107 cm³/mol. The molecule has 1 aromatic heterocycles. The molecule has 166 valence electrons. The van der Waals surface area contributed by atoms with Crippen LogP contribution in [-0.2, 0) is 11.0 Å². The van der Waals surface area contributed by atoms with Gasteiger partial charge in [0.1, 0.15) is 10.5 Å². The molecule has 1 atom stereocenters. The van der Waals surface area contributed by atoms with Gasteiger partial charge in [-0.25, -0.2) is 0 Å². The molecule has 1 N–H and O–H groups in total. The first-order chi connectivity index (χ1) is 14.3. The van der Waals surface area contributed by atoms with E-state index in [1.54, 1.807) is 13.8 Å². The average molecular weight is 455 g/mol. The number of carbonyl (C=O) groups excluding carboxylic acids is 3. The molecule has 0 saturated heterocycles. The lowest BCUT2D eigenvalue weighted by molar-refractivity contribution is -0.137. The van der Waals surface area contributed by atoms with Crippen LogP contribution in [0.4, 0.5) is 13.2 Å². The Balaban J connectivity index is 1.95. The normalized spacial score (nSPS) is 17.3. The second-order valence-electron chi connectivity index (χ2n) is 7.77. The third-order valence-electron chi connectivity index (χ3n) is 4.58. The number of esters is 1. The summed E-state index contributed by atoms with van der Waals surface area (Å²) in [7, 11) is 0. The van der Waals surface area contributed by atoms with Crippen LogP contribution in [0.1, 0.15) is 70.6 Å². The van der Waals surface area contributed by atoms with Gasteiger partial charge in [0.15, 0.2) is 17.3 Å². The summed E-state index contributed by atoms with van der Waals surface area (Å²) in [5.74, 6) is -1.31. The molecule has 3 rings (SSSR count). The van der Waals surface area contributed by atoms with Gasteiger partial charge in [0.05, 0.1) is 16.5 Å². The number of carbonyl (C=O) groups is 3. The topological polar surface area (TPSA) is 81.7 Å². The summed E-state index contributed by atoms with van der Waals surface area (Å²) in [6.07, 6.45) is -4.16. The lowest BCUT2D eigenvalue weighted by Gasteiger charge is -2.36. The minimum atomic E-state index is -4.50. The molecule has 0 bridgehead atoms. The predicted octanol–water partition coefficient (Wildman–Crippen LogP) is 4.93. The highest BCUT2D eigenvalue weighted by Crippen LogP contribution is 2.52. The standard InChI is InChI=1S/C21H20F3NO5S/c1-10(26)17-15(29-11(2)27)16-18(31-17)14(9-20(3,4)30-16)25-19(28)12-5-7-13(8-6-12)21(22,23)24/h5-8,14H,9H2,1-4H3,(H,25,28). The lowest BCUT2D eigenvalue weighted by atomic mass is 9.94. The number of benzene rings is 1. The molecule has 0 radical (unpaired) electrons. The number of hydrogen-bond donors (Lipinski definition) is 1. The van der Waals surface area contributed by atoms with Crippen LogP contribution >= 0.6 is 11.3 Å². The molecule has 0 fully saturated rings. The van der Waals surface area contributed by atoms with E-state index in [1.807, 2.05) is 0 Å². The van der Waals surface area contributed by atoms with Crippen LogP contribution in [0.25, 0.3) is 0 Å². The average Bonchev–Trinajstić information content (AvgIpc) is 2.98. The largest absolute Gasteiger partial charge is 0.483 e. The summed E-state index contributed by atoms with van der Waals surface area (Å²) in [5.41, 5.74) is -1.56. The maximum atomic E-state index is 12.8. The Morgan fingerprint density at radius 3 is 2.29 bits per heavy atom. The van der Waals surface area contributed by atoms with Gasteiger partial charge in [-0.05, 0) is 38.1 Å². The molecule has 1 aliphatic heterocycles. The Labute approximate surface area is 180 Å². The highest BCUT2D eigenvalue weighted by atomic mass is 32.1. The number of rotatable bonds is 4. The second kappa shape index (κ2) is 7.99. The maximum Gasteiger partial charge on any atom is 0.416 e. The quantitative estimate of drug-likeness (QED) is 0.522. The number of hydrogen-bond acceptors (Lipinski definition) is 6. The highest BCUT2D eigenvalue weighted by molar-refractivity contribution is 7.15. The van der Waals surface area contributed by atoms with Crippen molar-refractivity contribution in [3.63, 3.8) is 0 Å². The molecule has 0 aliphatic carbocycles. The number of thiophene rings is 1. The molecule has 31 heavy (non-hydrogen) atoms. The maximum absolute atomic E-state index is 12.8. The number of ether oxygens (including phenoxy) is 2. The van der Waals surface area contributed by atoms with Gasteiger partial charge in [0, 0.05) is 25.8 Å². The first-order valence-corrected chi connectivity index (χ1v) is 10.1. The van der Waals surface area contributed by atoms with E-state index in [9.17, 15) is 27.6 Å². The van der Waals surface area contributed by atoms with E-state index in [1.165, 1.54) is 13.8 Å². The van der Waals surface area contributed by atoms with Crippen molar-refractivity contribution >= 4 is 29.0 Å². The summed E-state index contributed by atoms with van der Waals surface area (Å²) in [6.45, 7) is 6.07.